The van der Waals surface area contributed by atoms with E-state index < -0.39 is 0 Å². The second-order valence-corrected chi connectivity index (χ2v) is 10.1. The number of halogens is 1. The third kappa shape index (κ3) is 4.15. The number of carbonyl (C=O) groups excluding carboxylic acids is 1. The SMILES string of the molecule is C[C@H]1[C@H]2Cc3ccc(O)cc3[C@@]1(CCNC(=O)Cc1ccc(F)cc1)CCN2CC1CC1. The van der Waals surface area contributed by atoms with Gasteiger partial charge in [-0.1, -0.05) is 25.1 Å². The summed E-state index contributed by atoms with van der Waals surface area (Å²) in [4.78, 5) is 15.2. The zero-order valence-electron chi connectivity index (χ0n) is 18.8. The number of hydrogen-bond donors (Lipinski definition) is 2. The van der Waals surface area contributed by atoms with E-state index in [1.54, 1.807) is 12.1 Å². The molecule has 0 aromatic heterocycles. The summed E-state index contributed by atoms with van der Waals surface area (Å²) < 4.78 is 13.1. The van der Waals surface area contributed by atoms with Gasteiger partial charge in [-0.2, -0.15) is 0 Å². The Labute approximate surface area is 189 Å². The van der Waals surface area contributed by atoms with E-state index in [-0.39, 0.29) is 23.6 Å². The molecule has 1 saturated carbocycles. The van der Waals surface area contributed by atoms with E-state index in [2.05, 4.69) is 23.2 Å². The van der Waals surface area contributed by atoms with Gasteiger partial charge in [-0.25, -0.2) is 4.39 Å². The summed E-state index contributed by atoms with van der Waals surface area (Å²) in [5.74, 6) is 1.36. The minimum absolute atomic E-state index is 0.0276. The van der Waals surface area contributed by atoms with Crippen LogP contribution in [0.3, 0.4) is 0 Å². The van der Waals surface area contributed by atoms with E-state index in [1.807, 2.05) is 12.1 Å². The third-order valence-electron chi connectivity index (χ3n) is 8.18. The second-order valence-electron chi connectivity index (χ2n) is 10.1. The fourth-order valence-electron chi connectivity index (χ4n) is 6.16. The lowest BCUT2D eigenvalue weighted by Gasteiger charge is -2.56. The van der Waals surface area contributed by atoms with Crippen LogP contribution in [0.25, 0.3) is 0 Å². The van der Waals surface area contributed by atoms with Gasteiger partial charge in [0.25, 0.3) is 0 Å². The lowest BCUT2D eigenvalue weighted by Crippen LogP contribution is -2.60. The molecule has 0 unspecified atom stereocenters. The number of fused-ring (bicyclic) bond motifs is 4. The zero-order chi connectivity index (χ0) is 22.3. The molecule has 5 heteroatoms. The lowest BCUT2D eigenvalue weighted by molar-refractivity contribution is -0.120. The summed E-state index contributed by atoms with van der Waals surface area (Å²) >= 11 is 0. The fraction of sp³-hybridized carbons (Fsp3) is 0.519. The number of piperidine rings is 1. The summed E-state index contributed by atoms with van der Waals surface area (Å²) in [7, 11) is 0. The van der Waals surface area contributed by atoms with Crippen LogP contribution in [-0.2, 0) is 23.1 Å². The van der Waals surface area contributed by atoms with Gasteiger partial charge in [0.2, 0.25) is 5.91 Å². The number of rotatable bonds is 7. The average molecular weight is 437 g/mol. The van der Waals surface area contributed by atoms with E-state index in [0.29, 0.717) is 24.3 Å². The molecule has 1 aliphatic heterocycles. The molecule has 1 heterocycles. The number of carbonyl (C=O) groups is 1. The van der Waals surface area contributed by atoms with Crippen LogP contribution in [0.1, 0.15) is 49.3 Å². The Bertz CT molecular complexity index is 988. The molecular formula is C27H33FN2O2. The topological polar surface area (TPSA) is 52.6 Å². The lowest BCUT2D eigenvalue weighted by atomic mass is 9.56. The van der Waals surface area contributed by atoms with Gasteiger partial charge in [-0.15, -0.1) is 0 Å². The molecule has 4 nitrogen and oxygen atoms in total. The molecule has 3 aliphatic rings. The maximum absolute atomic E-state index is 13.1. The molecular weight excluding hydrogens is 403 g/mol. The molecule has 2 bridgehead atoms. The number of benzene rings is 2. The molecule has 2 aromatic rings. The maximum Gasteiger partial charge on any atom is 0.224 e. The summed E-state index contributed by atoms with van der Waals surface area (Å²) in [6, 6.07) is 12.5. The summed E-state index contributed by atoms with van der Waals surface area (Å²) in [6.07, 6.45) is 5.97. The van der Waals surface area contributed by atoms with Crippen molar-refractivity contribution in [2.75, 3.05) is 19.6 Å². The standard InChI is InChI=1S/C27H33FN2O2/c1-18-25-15-21-6-9-23(31)16-24(21)27(18,11-13-30(25)17-20-2-3-20)10-12-29-26(32)14-19-4-7-22(28)8-5-19/h4-9,16,18,20,25,31H,2-3,10-15,17H2,1H3,(H,29,32)/t18-,25+,27-/m0/s1. The zero-order valence-corrected chi connectivity index (χ0v) is 18.8. The molecule has 5 rings (SSSR count). The van der Waals surface area contributed by atoms with Gasteiger partial charge >= 0.3 is 0 Å². The fourth-order valence-corrected chi connectivity index (χ4v) is 6.16. The summed E-state index contributed by atoms with van der Waals surface area (Å²) in [6.45, 7) is 5.28. The Morgan fingerprint density at radius 1 is 1.22 bits per heavy atom. The molecule has 2 fully saturated rings. The highest BCUT2D eigenvalue weighted by atomic mass is 19.1. The van der Waals surface area contributed by atoms with Gasteiger partial charge in [0.15, 0.2) is 0 Å². The first kappa shape index (κ1) is 21.4. The van der Waals surface area contributed by atoms with E-state index in [4.69, 9.17) is 0 Å². The first-order valence-electron chi connectivity index (χ1n) is 12.0. The molecule has 3 atom stereocenters. The molecule has 0 radical (unpaired) electrons. The van der Waals surface area contributed by atoms with Crippen LogP contribution in [0.15, 0.2) is 42.5 Å². The van der Waals surface area contributed by atoms with Gasteiger partial charge in [0.1, 0.15) is 11.6 Å². The molecule has 1 amide bonds. The van der Waals surface area contributed by atoms with Crippen LogP contribution < -0.4 is 5.32 Å². The predicted molar refractivity (Wildman–Crippen MR) is 123 cm³/mol. The molecule has 2 N–H and O–H groups in total. The number of phenolic OH excluding ortho intramolecular Hbond substituents is 1. The number of nitrogens with one attached hydrogen (secondary N) is 1. The van der Waals surface area contributed by atoms with Crippen molar-refractivity contribution in [2.24, 2.45) is 11.8 Å². The third-order valence-corrected chi connectivity index (χ3v) is 8.18. The van der Waals surface area contributed by atoms with Gasteiger partial charge in [-0.05, 0) is 91.4 Å². The highest BCUT2D eigenvalue weighted by Gasteiger charge is 2.51. The Balaban J connectivity index is 1.31. The van der Waals surface area contributed by atoms with Crippen LogP contribution in [0.2, 0.25) is 0 Å². The monoisotopic (exact) mass is 436 g/mol. The summed E-state index contributed by atoms with van der Waals surface area (Å²) in [5, 5.41) is 13.4. The van der Waals surface area contributed by atoms with Crippen molar-refractivity contribution in [3.8, 4) is 5.75 Å². The maximum atomic E-state index is 13.1. The molecule has 1 saturated heterocycles. The number of phenols is 1. The molecule has 2 aromatic carbocycles. The molecule has 170 valence electrons. The Kier molecular flexibility index (Phi) is 5.70. The van der Waals surface area contributed by atoms with Crippen LogP contribution in [0.5, 0.6) is 5.75 Å². The van der Waals surface area contributed by atoms with E-state index in [1.165, 1.54) is 42.6 Å². The second kappa shape index (κ2) is 8.51. The number of amides is 1. The minimum atomic E-state index is -0.288. The van der Waals surface area contributed by atoms with Crippen molar-refractivity contribution in [1.29, 1.82) is 0 Å². The van der Waals surface area contributed by atoms with Gasteiger partial charge in [0, 0.05) is 24.5 Å². The Morgan fingerprint density at radius 2 is 2.00 bits per heavy atom. The van der Waals surface area contributed by atoms with Crippen molar-refractivity contribution in [2.45, 2.75) is 56.9 Å². The largest absolute Gasteiger partial charge is 0.508 e. The molecule has 32 heavy (non-hydrogen) atoms. The number of hydrogen-bond acceptors (Lipinski definition) is 3. The average Bonchev–Trinajstić information content (AvgIpc) is 3.58. The predicted octanol–water partition coefficient (Wildman–Crippen LogP) is 4.19. The Morgan fingerprint density at radius 3 is 2.75 bits per heavy atom. The van der Waals surface area contributed by atoms with Crippen molar-refractivity contribution < 1.29 is 14.3 Å². The van der Waals surface area contributed by atoms with Gasteiger partial charge in [-0.3, -0.25) is 9.69 Å². The van der Waals surface area contributed by atoms with Crippen LogP contribution in [-0.4, -0.2) is 41.6 Å². The highest BCUT2D eigenvalue weighted by molar-refractivity contribution is 5.78. The van der Waals surface area contributed by atoms with E-state index in [9.17, 15) is 14.3 Å². The Hall–Kier alpha value is -2.40. The smallest absolute Gasteiger partial charge is 0.224 e. The number of aromatic hydroxyl groups is 1. The summed E-state index contributed by atoms with van der Waals surface area (Å²) in [5.41, 5.74) is 3.42. The van der Waals surface area contributed by atoms with E-state index in [0.717, 1.165) is 37.3 Å². The van der Waals surface area contributed by atoms with E-state index >= 15 is 0 Å². The van der Waals surface area contributed by atoms with Crippen molar-refractivity contribution >= 4 is 5.91 Å². The highest BCUT2D eigenvalue weighted by Crippen LogP contribution is 2.52. The van der Waals surface area contributed by atoms with Crippen molar-refractivity contribution in [3.63, 3.8) is 0 Å². The molecule has 2 aliphatic carbocycles. The van der Waals surface area contributed by atoms with Crippen LogP contribution in [0, 0.1) is 17.7 Å². The first-order chi connectivity index (χ1) is 15.4. The van der Waals surface area contributed by atoms with Crippen molar-refractivity contribution in [3.05, 3.63) is 65.0 Å². The van der Waals surface area contributed by atoms with Gasteiger partial charge < -0.3 is 10.4 Å². The number of likely N-dealkylation sites (tertiary alicyclic amines) is 1. The van der Waals surface area contributed by atoms with Crippen molar-refractivity contribution in [1.82, 2.24) is 10.2 Å². The normalized spacial score (nSPS) is 27.1. The van der Waals surface area contributed by atoms with Crippen LogP contribution >= 0.6 is 0 Å². The first-order valence-corrected chi connectivity index (χ1v) is 12.0. The minimum Gasteiger partial charge on any atom is -0.508 e. The van der Waals surface area contributed by atoms with Crippen LogP contribution in [0.4, 0.5) is 4.39 Å². The molecule has 0 spiro atoms. The quantitative estimate of drug-likeness (QED) is 0.684. The van der Waals surface area contributed by atoms with Gasteiger partial charge in [0.05, 0.1) is 6.42 Å². The number of nitrogens with zero attached hydrogens (tertiary/aromatic N) is 1.